The van der Waals surface area contributed by atoms with Crippen LogP contribution in [0, 0.1) is 5.92 Å². The molecule has 1 N–H and O–H groups in total. The Morgan fingerprint density at radius 1 is 1.12 bits per heavy atom. The summed E-state index contributed by atoms with van der Waals surface area (Å²) in [6, 6.07) is 7.93. The number of hydrogen-bond donors (Lipinski definition) is 1. The number of carbonyl (C=O) groups is 2. The molecule has 4 rings (SSSR count). The van der Waals surface area contributed by atoms with Crippen LogP contribution in [0.1, 0.15) is 32.1 Å². The number of benzene rings is 1. The molecule has 1 saturated carbocycles. The molecule has 1 aromatic carbocycles. The molecule has 2 heterocycles. The number of carboxylic acid groups (broad SMARTS) is 1. The maximum atomic E-state index is 13.1. The molecule has 6 heteroatoms. The van der Waals surface area contributed by atoms with E-state index in [1.54, 1.807) is 27.8 Å². The first-order valence-corrected chi connectivity index (χ1v) is 9.18. The van der Waals surface area contributed by atoms with Gasteiger partial charge in [0, 0.05) is 23.7 Å². The van der Waals surface area contributed by atoms with Crippen LogP contribution >= 0.6 is 0 Å². The molecule has 0 unspecified atom stereocenters. The molecule has 0 radical (unpaired) electrons. The van der Waals surface area contributed by atoms with Crippen LogP contribution in [-0.4, -0.2) is 38.5 Å². The summed E-state index contributed by atoms with van der Waals surface area (Å²) in [5.74, 6) is -0.808. The van der Waals surface area contributed by atoms with E-state index < -0.39 is 12.0 Å². The molecule has 1 aliphatic carbocycles. The largest absolute Gasteiger partial charge is 0.480 e. The summed E-state index contributed by atoms with van der Waals surface area (Å²) in [5.41, 5.74) is 0.612. The molecule has 1 saturated heterocycles. The van der Waals surface area contributed by atoms with Crippen molar-refractivity contribution in [1.82, 2.24) is 9.47 Å². The number of carboxylic acids is 1. The van der Waals surface area contributed by atoms with Crippen LogP contribution in [0.15, 0.2) is 41.3 Å². The first-order valence-electron chi connectivity index (χ1n) is 9.18. The highest BCUT2D eigenvalue weighted by Crippen LogP contribution is 2.40. The number of fused-ring (bicyclic) bond motifs is 2. The van der Waals surface area contributed by atoms with Crippen LogP contribution < -0.4 is 5.43 Å². The maximum Gasteiger partial charge on any atom is 0.326 e. The molecule has 6 nitrogen and oxygen atoms in total. The molecule has 3 atom stereocenters. The Balaban J connectivity index is 1.66. The second-order valence-electron chi connectivity index (χ2n) is 7.33. The van der Waals surface area contributed by atoms with E-state index in [0.29, 0.717) is 23.2 Å². The smallest absolute Gasteiger partial charge is 0.326 e. The minimum Gasteiger partial charge on any atom is -0.480 e. The van der Waals surface area contributed by atoms with Gasteiger partial charge in [-0.05, 0) is 37.3 Å². The Morgan fingerprint density at radius 2 is 1.88 bits per heavy atom. The minimum atomic E-state index is -0.919. The molecular formula is C20H22N2O4. The summed E-state index contributed by atoms with van der Waals surface area (Å²) >= 11 is 0. The van der Waals surface area contributed by atoms with Gasteiger partial charge in [0.1, 0.15) is 12.6 Å². The summed E-state index contributed by atoms with van der Waals surface area (Å²) in [6.45, 7) is 0.0494. The van der Waals surface area contributed by atoms with Gasteiger partial charge in [-0.1, -0.05) is 25.0 Å². The molecule has 136 valence electrons. The third-order valence-corrected chi connectivity index (χ3v) is 5.85. The van der Waals surface area contributed by atoms with E-state index in [9.17, 15) is 19.5 Å². The molecule has 26 heavy (non-hydrogen) atoms. The number of hydrogen-bond acceptors (Lipinski definition) is 3. The number of carbonyl (C=O) groups excluding carboxylic acids is 1. The summed E-state index contributed by atoms with van der Waals surface area (Å²) in [6.07, 6.45) is 6.20. The summed E-state index contributed by atoms with van der Waals surface area (Å²) < 4.78 is 1.74. The van der Waals surface area contributed by atoms with Crippen molar-refractivity contribution in [3.05, 3.63) is 46.8 Å². The zero-order valence-electron chi connectivity index (χ0n) is 14.5. The van der Waals surface area contributed by atoms with Gasteiger partial charge in [-0.3, -0.25) is 9.59 Å². The zero-order chi connectivity index (χ0) is 18.3. The van der Waals surface area contributed by atoms with Crippen molar-refractivity contribution in [2.24, 2.45) is 5.92 Å². The normalized spacial score (nSPS) is 25.2. The molecule has 1 amide bonds. The van der Waals surface area contributed by atoms with Crippen LogP contribution in [0.2, 0.25) is 0 Å². The molecule has 0 bridgehead atoms. The topological polar surface area (TPSA) is 79.6 Å². The van der Waals surface area contributed by atoms with Gasteiger partial charge in [0.05, 0.1) is 5.52 Å². The summed E-state index contributed by atoms with van der Waals surface area (Å²) in [7, 11) is 0. The van der Waals surface area contributed by atoms with Gasteiger partial charge in [-0.25, -0.2) is 4.79 Å². The molecule has 2 aromatic rings. The lowest BCUT2D eigenvalue weighted by molar-refractivity contribution is -0.150. The van der Waals surface area contributed by atoms with Gasteiger partial charge in [0.15, 0.2) is 5.43 Å². The average molecular weight is 354 g/mol. The fraction of sp³-hybridized carbons (Fsp3) is 0.450. The second kappa shape index (κ2) is 6.59. The zero-order valence-corrected chi connectivity index (χ0v) is 14.5. The standard InChI is InChI=1S/C20H22N2O4/c23-18-9-10-21(16-8-4-2-6-14(16)18)12-19(24)22-15-7-3-1-5-13(15)11-17(22)20(25)26/h2,4,6,8-10,13,15,17H,1,3,5,7,11-12H2,(H,25,26)/t13-,15-,17-/m0/s1. The van der Waals surface area contributed by atoms with Gasteiger partial charge >= 0.3 is 5.97 Å². The van der Waals surface area contributed by atoms with E-state index in [-0.39, 0.29) is 23.9 Å². The Hall–Kier alpha value is -2.63. The summed E-state index contributed by atoms with van der Waals surface area (Å²) in [5, 5.41) is 10.2. The van der Waals surface area contributed by atoms with Crippen molar-refractivity contribution >= 4 is 22.8 Å². The maximum absolute atomic E-state index is 13.1. The Bertz CT molecular complexity index is 919. The van der Waals surface area contributed by atoms with Crippen molar-refractivity contribution in [2.75, 3.05) is 0 Å². The third kappa shape index (κ3) is 2.79. The number of nitrogens with zero attached hydrogens (tertiary/aromatic N) is 2. The SMILES string of the molecule is O=C(O)[C@@H]1C[C@@H]2CCCC[C@@H]2N1C(=O)Cn1ccc(=O)c2ccccc21. The molecule has 2 fully saturated rings. The second-order valence-corrected chi connectivity index (χ2v) is 7.33. The van der Waals surface area contributed by atoms with E-state index in [0.717, 1.165) is 25.7 Å². The average Bonchev–Trinajstić information content (AvgIpc) is 3.04. The lowest BCUT2D eigenvalue weighted by Crippen LogP contribution is -2.47. The number of rotatable bonds is 3. The van der Waals surface area contributed by atoms with E-state index >= 15 is 0 Å². The molecule has 1 aliphatic heterocycles. The van der Waals surface area contributed by atoms with E-state index in [1.807, 2.05) is 12.1 Å². The van der Waals surface area contributed by atoms with Crippen molar-refractivity contribution in [2.45, 2.75) is 50.7 Å². The first kappa shape index (κ1) is 16.8. The van der Waals surface area contributed by atoms with Crippen LogP contribution in [0.3, 0.4) is 0 Å². The molecule has 0 spiro atoms. The minimum absolute atomic E-state index is 0.0306. The lowest BCUT2D eigenvalue weighted by atomic mass is 9.85. The van der Waals surface area contributed by atoms with Gasteiger partial charge in [0.2, 0.25) is 5.91 Å². The van der Waals surface area contributed by atoms with Gasteiger partial charge in [-0.15, -0.1) is 0 Å². The van der Waals surface area contributed by atoms with Crippen molar-refractivity contribution in [3.8, 4) is 0 Å². The van der Waals surface area contributed by atoms with Gasteiger partial charge < -0.3 is 14.6 Å². The van der Waals surface area contributed by atoms with Crippen molar-refractivity contribution in [1.29, 1.82) is 0 Å². The number of aliphatic carboxylic acids is 1. The number of para-hydroxylation sites is 1. The van der Waals surface area contributed by atoms with E-state index in [2.05, 4.69) is 0 Å². The van der Waals surface area contributed by atoms with Gasteiger partial charge in [-0.2, -0.15) is 0 Å². The number of aromatic nitrogens is 1. The first-order chi connectivity index (χ1) is 12.6. The van der Waals surface area contributed by atoms with Crippen LogP contribution in [-0.2, 0) is 16.1 Å². The molecular weight excluding hydrogens is 332 g/mol. The van der Waals surface area contributed by atoms with Crippen LogP contribution in [0.5, 0.6) is 0 Å². The lowest BCUT2D eigenvalue weighted by Gasteiger charge is -2.33. The highest BCUT2D eigenvalue weighted by Gasteiger charge is 2.47. The fourth-order valence-corrected chi connectivity index (χ4v) is 4.66. The third-order valence-electron chi connectivity index (χ3n) is 5.85. The quantitative estimate of drug-likeness (QED) is 0.917. The highest BCUT2D eigenvalue weighted by atomic mass is 16.4. The number of likely N-dealkylation sites (tertiary alicyclic amines) is 1. The van der Waals surface area contributed by atoms with Crippen LogP contribution in [0.25, 0.3) is 10.9 Å². The van der Waals surface area contributed by atoms with Crippen molar-refractivity contribution < 1.29 is 14.7 Å². The Kier molecular flexibility index (Phi) is 4.26. The van der Waals surface area contributed by atoms with E-state index in [1.165, 1.54) is 6.07 Å². The van der Waals surface area contributed by atoms with E-state index in [4.69, 9.17) is 0 Å². The predicted octanol–water partition coefficient (Wildman–Crippen LogP) is 2.25. The molecule has 2 aliphatic rings. The summed E-state index contributed by atoms with van der Waals surface area (Å²) in [4.78, 5) is 38.4. The monoisotopic (exact) mass is 354 g/mol. The van der Waals surface area contributed by atoms with Gasteiger partial charge in [0.25, 0.3) is 0 Å². The Morgan fingerprint density at radius 3 is 2.69 bits per heavy atom. The molecule has 1 aromatic heterocycles. The predicted molar refractivity (Wildman–Crippen MR) is 96.8 cm³/mol. The highest BCUT2D eigenvalue weighted by molar-refractivity contribution is 5.86. The fourth-order valence-electron chi connectivity index (χ4n) is 4.66. The number of amides is 1. The Labute approximate surface area is 151 Å². The van der Waals surface area contributed by atoms with Crippen molar-refractivity contribution in [3.63, 3.8) is 0 Å². The number of pyridine rings is 1. The van der Waals surface area contributed by atoms with Crippen LogP contribution in [0.4, 0.5) is 0 Å².